The topological polar surface area (TPSA) is 49.5 Å². The first-order valence-electron chi connectivity index (χ1n) is 5.26. The Morgan fingerprint density at radius 1 is 1.44 bits per heavy atom. The quantitative estimate of drug-likeness (QED) is 0.849. The fourth-order valence-electron chi connectivity index (χ4n) is 1.51. The summed E-state index contributed by atoms with van der Waals surface area (Å²) in [6, 6.07) is 5.67. The van der Waals surface area contributed by atoms with Gasteiger partial charge in [-0.2, -0.15) is 0 Å². The van der Waals surface area contributed by atoms with Crippen molar-refractivity contribution in [3.05, 3.63) is 28.8 Å². The molecule has 90 valence electrons. The normalized spacial score (nSPS) is 11.6. The minimum absolute atomic E-state index is 0.0543. The van der Waals surface area contributed by atoms with E-state index in [0.29, 0.717) is 11.6 Å². The van der Waals surface area contributed by atoms with Crippen LogP contribution in [0.5, 0.6) is 0 Å². The number of rotatable bonds is 4. The summed E-state index contributed by atoms with van der Waals surface area (Å²) in [5.74, 6) is 0. The Kier molecular flexibility index (Phi) is 4.19. The summed E-state index contributed by atoms with van der Waals surface area (Å²) < 4.78 is 0. The van der Waals surface area contributed by atoms with E-state index in [9.17, 15) is 5.11 Å². The van der Waals surface area contributed by atoms with Gasteiger partial charge in [-0.1, -0.05) is 23.7 Å². The molecular formula is C12H19ClN2O. The molecule has 0 aliphatic heterocycles. The monoisotopic (exact) mass is 242 g/mol. The zero-order chi connectivity index (χ0) is 12.3. The van der Waals surface area contributed by atoms with Gasteiger partial charge >= 0.3 is 0 Å². The van der Waals surface area contributed by atoms with Gasteiger partial charge < -0.3 is 15.7 Å². The van der Waals surface area contributed by atoms with Gasteiger partial charge in [0.15, 0.2) is 0 Å². The van der Waals surface area contributed by atoms with Gasteiger partial charge in [-0.3, -0.25) is 0 Å². The maximum Gasteiger partial charge on any atom is 0.0658 e. The predicted octanol–water partition coefficient (Wildman–Crippen LogP) is 2.01. The average Bonchev–Trinajstić information content (AvgIpc) is 2.27. The Bertz CT molecular complexity index is 366. The summed E-state index contributed by atoms with van der Waals surface area (Å²) in [5, 5.41) is 10.0. The molecule has 0 radical (unpaired) electrons. The standard InChI is InChI=1S/C12H19ClN2O/c1-12(2,8-16)15(3)11-9(7-14)5-4-6-10(11)13/h4-6,16H,7-8,14H2,1-3H3. The molecule has 1 aromatic carbocycles. The second-order valence-electron chi connectivity index (χ2n) is 4.48. The van der Waals surface area contributed by atoms with Crippen LogP contribution in [0.3, 0.4) is 0 Å². The lowest BCUT2D eigenvalue weighted by Gasteiger charge is -2.37. The summed E-state index contributed by atoms with van der Waals surface area (Å²) >= 11 is 6.19. The van der Waals surface area contributed by atoms with Crippen LogP contribution in [0.15, 0.2) is 18.2 Å². The Hall–Kier alpha value is -0.770. The van der Waals surface area contributed by atoms with Crippen molar-refractivity contribution in [3.8, 4) is 0 Å². The molecule has 0 spiro atoms. The van der Waals surface area contributed by atoms with Crippen molar-refractivity contribution >= 4 is 17.3 Å². The number of hydrogen-bond donors (Lipinski definition) is 2. The van der Waals surface area contributed by atoms with Gasteiger partial charge in [-0.05, 0) is 25.5 Å². The van der Waals surface area contributed by atoms with Gasteiger partial charge in [-0.25, -0.2) is 0 Å². The van der Waals surface area contributed by atoms with Gasteiger partial charge in [0.05, 0.1) is 22.9 Å². The van der Waals surface area contributed by atoms with Gasteiger partial charge in [0.25, 0.3) is 0 Å². The molecule has 0 heterocycles. The fraction of sp³-hybridized carbons (Fsp3) is 0.500. The van der Waals surface area contributed by atoms with Crippen LogP contribution in [0.2, 0.25) is 5.02 Å². The van der Waals surface area contributed by atoms with E-state index in [1.165, 1.54) is 0 Å². The Balaban J connectivity index is 3.21. The largest absolute Gasteiger partial charge is 0.394 e. The summed E-state index contributed by atoms with van der Waals surface area (Å²) in [6.45, 7) is 4.40. The highest BCUT2D eigenvalue weighted by molar-refractivity contribution is 6.33. The number of aliphatic hydroxyl groups excluding tert-OH is 1. The third-order valence-electron chi connectivity index (χ3n) is 2.92. The third-order valence-corrected chi connectivity index (χ3v) is 3.23. The van der Waals surface area contributed by atoms with Gasteiger partial charge in [0.2, 0.25) is 0 Å². The lowest BCUT2D eigenvalue weighted by molar-refractivity contribution is 0.216. The van der Waals surface area contributed by atoms with Gasteiger partial charge in [0.1, 0.15) is 0 Å². The summed E-state index contributed by atoms with van der Waals surface area (Å²) in [7, 11) is 1.91. The molecule has 16 heavy (non-hydrogen) atoms. The lowest BCUT2D eigenvalue weighted by Crippen LogP contribution is -2.45. The van der Waals surface area contributed by atoms with Crippen LogP contribution < -0.4 is 10.6 Å². The van der Waals surface area contributed by atoms with E-state index < -0.39 is 0 Å². The van der Waals surface area contributed by atoms with Gasteiger partial charge in [0, 0.05) is 13.6 Å². The molecule has 0 fully saturated rings. The predicted molar refractivity (Wildman–Crippen MR) is 68.9 cm³/mol. The molecule has 0 saturated carbocycles. The summed E-state index contributed by atoms with van der Waals surface area (Å²) in [4.78, 5) is 1.97. The molecule has 0 unspecified atom stereocenters. The second-order valence-corrected chi connectivity index (χ2v) is 4.89. The van der Waals surface area contributed by atoms with E-state index in [1.807, 2.05) is 44.0 Å². The number of nitrogens with zero attached hydrogens (tertiary/aromatic N) is 1. The fourth-order valence-corrected chi connectivity index (χ4v) is 1.83. The molecule has 4 heteroatoms. The highest BCUT2D eigenvalue weighted by Gasteiger charge is 2.25. The molecule has 0 aliphatic carbocycles. The molecular weight excluding hydrogens is 224 g/mol. The number of hydrogen-bond acceptors (Lipinski definition) is 3. The van der Waals surface area contributed by atoms with Crippen LogP contribution in [0, 0.1) is 0 Å². The zero-order valence-corrected chi connectivity index (χ0v) is 10.8. The number of likely N-dealkylation sites (N-methyl/N-ethyl adjacent to an activating group) is 1. The van der Waals surface area contributed by atoms with E-state index in [0.717, 1.165) is 11.3 Å². The van der Waals surface area contributed by atoms with Crippen LogP contribution in [0.4, 0.5) is 5.69 Å². The SMILES string of the molecule is CN(c1c(Cl)cccc1CN)C(C)(C)CO. The molecule has 1 aromatic rings. The van der Waals surface area contributed by atoms with Crippen molar-refractivity contribution in [2.24, 2.45) is 5.73 Å². The number of nitrogens with two attached hydrogens (primary N) is 1. The second kappa shape index (κ2) is 5.04. The molecule has 3 N–H and O–H groups in total. The van der Waals surface area contributed by atoms with Crippen molar-refractivity contribution in [2.45, 2.75) is 25.9 Å². The summed E-state index contributed by atoms with van der Waals surface area (Å²) in [6.07, 6.45) is 0. The Morgan fingerprint density at radius 2 is 2.06 bits per heavy atom. The lowest BCUT2D eigenvalue weighted by atomic mass is 10.0. The van der Waals surface area contributed by atoms with Crippen LogP contribution in [0.1, 0.15) is 19.4 Å². The first-order valence-corrected chi connectivity index (χ1v) is 5.64. The molecule has 1 rings (SSSR count). The van der Waals surface area contributed by atoms with Crippen LogP contribution >= 0.6 is 11.6 Å². The number of para-hydroxylation sites is 1. The van der Waals surface area contributed by atoms with E-state index in [4.69, 9.17) is 17.3 Å². The molecule has 0 amide bonds. The number of aliphatic hydroxyl groups is 1. The minimum Gasteiger partial charge on any atom is -0.394 e. The minimum atomic E-state index is -0.366. The molecule has 0 bridgehead atoms. The number of benzene rings is 1. The Morgan fingerprint density at radius 3 is 2.56 bits per heavy atom. The highest BCUT2D eigenvalue weighted by Crippen LogP contribution is 2.32. The van der Waals surface area contributed by atoms with Crippen LogP contribution in [0.25, 0.3) is 0 Å². The molecule has 0 aromatic heterocycles. The van der Waals surface area contributed by atoms with Crippen molar-refractivity contribution in [1.82, 2.24) is 0 Å². The highest BCUT2D eigenvalue weighted by atomic mass is 35.5. The van der Waals surface area contributed by atoms with Gasteiger partial charge in [-0.15, -0.1) is 0 Å². The Labute approximate surface area is 102 Å². The summed E-state index contributed by atoms with van der Waals surface area (Å²) in [5.41, 5.74) is 7.21. The molecule has 0 saturated heterocycles. The number of halogens is 1. The van der Waals surface area contributed by atoms with Crippen molar-refractivity contribution < 1.29 is 5.11 Å². The smallest absolute Gasteiger partial charge is 0.0658 e. The van der Waals surface area contributed by atoms with E-state index in [-0.39, 0.29) is 12.1 Å². The first-order chi connectivity index (χ1) is 7.44. The average molecular weight is 243 g/mol. The van der Waals surface area contributed by atoms with Crippen LogP contribution in [-0.4, -0.2) is 24.3 Å². The zero-order valence-electron chi connectivity index (χ0n) is 10.00. The van der Waals surface area contributed by atoms with Crippen molar-refractivity contribution in [2.75, 3.05) is 18.6 Å². The third kappa shape index (κ3) is 2.48. The first kappa shape index (κ1) is 13.3. The van der Waals surface area contributed by atoms with E-state index in [2.05, 4.69) is 0 Å². The van der Waals surface area contributed by atoms with Crippen molar-refractivity contribution in [3.63, 3.8) is 0 Å². The number of anilines is 1. The van der Waals surface area contributed by atoms with Crippen molar-refractivity contribution in [1.29, 1.82) is 0 Å². The maximum atomic E-state index is 9.36. The molecule has 3 nitrogen and oxygen atoms in total. The molecule has 0 aliphatic rings. The van der Waals surface area contributed by atoms with E-state index in [1.54, 1.807) is 0 Å². The maximum absolute atomic E-state index is 9.36. The van der Waals surface area contributed by atoms with E-state index >= 15 is 0 Å². The molecule has 0 atom stereocenters. The van der Waals surface area contributed by atoms with Crippen LogP contribution in [-0.2, 0) is 6.54 Å².